The third kappa shape index (κ3) is 2.92. The predicted octanol–water partition coefficient (Wildman–Crippen LogP) is 9.13. The maximum Gasteiger partial charge on any atom is 0.223 e. The van der Waals surface area contributed by atoms with Crippen molar-refractivity contribution in [1.29, 1.82) is 5.26 Å². The quantitative estimate of drug-likeness (QED) is 0.197. The summed E-state index contributed by atoms with van der Waals surface area (Å²) in [5, 5.41) is 16.3. The van der Waals surface area contributed by atoms with Gasteiger partial charge in [0.15, 0.2) is 0 Å². The third-order valence-electron chi connectivity index (χ3n) is 9.49. The van der Waals surface area contributed by atoms with Gasteiger partial charge in [0.2, 0.25) is 11.6 Å². The molecule has 4 heterocycles. The lowest BCUT2D eigenvalue weighted by atomic mass is 9.99. The fraction of sp³-hybridized carbons (Fsp3) is 0. The maximum absolute atomic E-state index is 9.40. The first-order valence-corrected chi connectivity index (χ1v) is 15.0. The van der Waals surface area contributed by atoms with Gasteiger partial charge in [0, 0.05) is 0 Å². The van der Waals surface area contributed by atoms with Gasteiger partial charge in [0.05, 0.1) is 44.7 Å². The number of aromatic nitrogens is 5. The lowest BCUT2D eigenvalue weighted by Gasteiger charge is -2.07. The van der Waals surface area contributed by atoms with Crippen LogP contribution >= 0.6 is 0 Å². The van der Waals surface area contributed by atoms with Gasteiger partial charge >= 0.3 is 0 Å². The third-order valence-corrected chi connectivity index (χ3v) is 9.49. The molecule has 0 saturated carbocycles. The summed E-state index contributed by atoms with van der Waals surface area (Å²) in [6, 6.07) is 45.0. The predicted molar refractivity (Wildman–Crippen MR) is 181 cm³/mol. The van der Waals surface area contributed by atoms with Crippen molar-refractivity contribution in [2.24, 2.45) is 0 Å². The van der Waals surface area contributed by atoms with Gasteiger partial charge < -0.3 is 0 Å². The number of nitrogens with zero attached hydrogens (tertiary/aromatic N) is 6. The molecule has 0 amide bonds. The summed E-state index contributed by atoms with van der Waals surface area (Å²) in [4.78, 5) is 10.5. The summed E-state index contributed by atoms with van der Waals surface area (Å²) in [6.45, 7) is 0. The first-order chi connectivity index (χ1) is 22.2. The molecule has 0 saturated heterocycles. The minimum absolute atomic E-state index is 0.667. The van der Waals surface area contributed by atoms with Crippen LogP contribution in [0.4, 0.5) is 0 Å². The van der Waals surface area contributed by atoms with Gasteiger partial charge in [-0.25, -0.2) is 14.4 Å². The van der Waals surface area contributed by atoms with E-state index >= 15 is 0 Å². The van der Waals surface area contributed by atoms with E-state index in [0.29, 0.717) is 5.56 Å². The van der Waals surface area contributed by atoms with E-state index < -0.39 is 0 Å². The molecule has 0 radical (unpaired) electrons. The lowest BCUT2D eigenvalue weighted by Crippen LogP contribution is -1.89. The Bertz CT molecular complexity index is 2950. The summed E-state index contributed by atoms with van der Waals surface area (Å²) >= 11 is 0. The van der Waals surface area contributed by atoms with Crippen molar-refractivity contribution in [3.8, 4) is 17.2 Å². The van der Waals surface area contributed by atoms with E-state index in [4.69, 9.17) is 9.97 Å². The molecule has 0 fully saturated rings. The molecule has 0 aliphatic carbocycles. The average Bonchev–Trinajstić information content (AvgIpc) is 3.80. The van der Waals surface area contributed by atoms with Crippen molar-refractivity contribution >= 4 is 82.5 Å². The molecule has 0 N–H and O–H groups in total. The van der Waals surface area contributed by atoms with Gasteiger partial charge in [0.25, 0.3) is 0 Å². The van der Waals surface area contributed by atoms with Crippen LogP contribution in [0.3, 0.4) is 0 Å². The molecule has 0 bridgehead atoms. The largest absolute Gasteiger partial charge is 0.276 e. The molecule has 0 unspecified atom stereocenters. The number of hydrogen-bond donors (Lipinski definition) is 0. The number of benzene rings is 7. The van der Waals surface area contributed by atoms with E-state index in [9.17, 15) is 5.26 Å². The van der Waals surface area contributed by atoms with Crippen molar-refractivity contribution < 1.29 is 0 Å². The van der Waals surface area contributed by atoms with Crippen molar-refractivity contribution in [3.05, 3.63) is 127 Å². The van der Waals surface area contributed by atoms with Crippen LogP contribution in [0.25, 0.3) is 93.6 Å². The summed E-state index contributed by atoms with van der Waals surface area (Å²) < 4.78 is 6.82. The van der Waals surface area contributed by atoms with Gasteiger partial charge in [-0.1, -0.05) is 66.7 Å². The second-order valence-electron chi connectivity index (χ2n) is 12.0. The minimum Gasteiger partial charge on any atom is -0.276 e. The maximum atomic E-state index is 9.40. The van der Waals surface area contributed by atoms with Crippen LogP contribution in [0.2, 0.25) is 0 Å². The number of nitriles is 1. The van der Waals surface area contributed by atoms with Gasteiger partial charge in [-0.05, 0) is 98.0 Å². The second kappa shape index (κ2) is 7.93. The van der Waals surface area contributed by atoms with Crippen LogP contribution in [0.5, 0.6) is 0 Å². The molecule has 206 valence electrons. The molecule has 0 aliphatic rings. The number of fused-ring (bicyclic) bond motifs is 13. The van der Waals surface area contributed by atoms with E-state index in [1.54, 1.807) is 0 Å². The average molecular weight is 573 g/mol. The molecular formula is C39H20N6. The van der Waals surface area contributed by atoms with Gasteiger partial charge in [0.1, 0.15) is 5.52 Å². The van der Waals surface area contributed by atoms with E-state index in [0.717, 1.165) is 72.1 Å². The Morgan fingerprint density at radius 3 is 1.53 bits per heavy atom. The summed E-state index contributed by atoms with van der Waals surface area (Å²) in [5.41, 5.74) is 10.3. The van der Waals surface area contributed by atoms with E-state index in [-0.39, 0.29) is 0 Å². The molecule has 11 rings (SSSR count). The zero-order valence-corrected chi connectivity index (χ0v) is 23.7. The van der Waals surface area contributed by atoms with Crippen LogP contribution in [0.15, 0.2) is 121 Å². The normalized spacial score (nSPS) is 12.4. The molecule has 0 atom stereocenters. The van der Waals surface area contributed by atoms with Crippen LogP contribution in [0, 0.1) is 11.3 Å². The Hall–Kier alpha value is -6.45. The summed E-state index contributed by atoms with van der Waals surface area (Å²) in [7, 11) is 0. The fourth-order valence-corrected chi connectivity index (χ4v) is 7.40. The van der Waals surface area contributed by atoms with Crippen LogP contribution in [-0.2, 0) is 0 Å². The highest BCUT2D eigenvalue weighted by atomic mass is 15.3. The molecular weight excluding hydrogens is 552 g/mol. The Labute approximate surface area is 254 Å². The minimum atomic E-state index is 0.667. The van der Waals surface area contributed by atoms with Crippen molar-refractivity contribution in [3.63, 3.8) is 0 Å². The van der Waals surface area contributed by atoms with E-state index in [2.05, 4.69) is 122 Å². The highest BCUT2D eigenvalue weighted by molar-refractivity contribution is 6.08. The standard InChI is InChI=1S/C39H20N6/c40-21-22-9-10-28-14-29(12-11-27(28)13-22)30-19-35-37-36(20-30)44-34-18-26-8-4-2-6-24(26)16-32(34)42-39(44)45(37)38-41-31-15-23-5-1-3-7-25(23)17-33(31)43(35)38/h1-20H. The number of rotatable bonds is 1. The van der Waals surface area contributed by atoms with Crippen LogP contribution in [0.1, 0.15) is 5.56 Å². The molecule has 4 aromatic heterocycles. The summed E-state index contributed by atoms with van der Waals surface area (Å²) in [6.07, 6.45) is 0. The zero-order valence-electron chi connectivity index (χ0n) is 23.7. The summed E-state index contributed by atoms with van der Waals surface area (Å²) in [5.74, 6) is 1.71. The Kier molecular flexibility index (Phi) is 4.06. The van der Waals surface area contributed by atoms with Gasteiger partial charge in [-0.3, -0.25) is 8.80 Å². The van der Waals surface area contributed by atoms with Gasteiger partial charge in [-0.2, -0.15) is 5.26 Å². The fourth-order valence-electron chi connectivity index (χ4n) is 7.40. The Balaban J connectivity index is 1.32. The molecule has 6 nitrogen and oxygen atoms in total. The molecule has 7 aromatic carbocycles. The molecule has 0 aliphatic heterocycles. The van der Waals surface area contributed by atoms with Crippen LogP contribution < -0.4 is 0 Å². The Morgan fingerprint density at radius 2 is 0.956 bits per heavy atom. The SMILES string of the molecule is N#Cc1ccc2cc(-c3cc4c5c(c3)n3c6cc7ccccc7cc6nc3n5c3nc5cc6ccccc6cc5n43)ccc2c1. The first kappa shape index (κ1) is 23.1. The van der Waals surface area contributed by atoms with Crippen LogP contribution in [-0.4, -0.2) is 23.2 Å². The molecule has 11 aromatic rings. The topological polar surface area (TPSA) is 62.8 Å². The van der Waals surface area contributed by atoms with Gasteiger partial charge in [-0.15, -0.1) is 0 Å². The van der Waals surface area contributed by atoms with E-state index in [1.165, 1.54) is 21.5 Å². The Morgan fingerprint density at radius 1 is 0.444 bits per heavy atom. The van der Waals surface area contributed by atoms with Crippen molar-refractivity contribution in [1.82, 2.24) is 23.2 Å². The van der Waals surface area contributed by atoms with E-state index in [1.807, 2.05) is 18.2 Å². The van der Waals surface area contributed by atoms with Crippen molar-refractivity contribution in [2.45, 2.75) is 0 Å². The lowest BCUT2D eigenvalue weighted by molar-refractivity contribution is 1.15. The smallest absolute Gasteiger partial charge is 0.223 e. The zero-order chi connectivity index (χ0) is 29.4. The highest BCUT2D eigenvalue weighted by Crippen LogP contribution is 2.39. The molecule has 0 spiro atoms. The highest BCUT2D eigenvalue weighted by Gasteiger charge is 2.25. The monoisotopic (exact) mass is 572 g/mol. The van der Waals surface area contributed by atoms with Crippen molar-refractivity contribution in [2.75, 3.05) is 0 Å². The number of hydrogen-bond acceptors (Lipinski definition) is 3. The number of imidazole rings is 4. The second-order valence-corrected chi connectivity index (χ2v) is 12.0. The molecule has 45 heavy (non-hydrogen) atoms. The molecule has 6 heteroatoms. The first-order valence-electron chi connectivity index (χ1n) is 15.0.